The predicted octanol–water partition coefficient (Wildman–Crippen LogP) is 3.25. The van der Waals surface area contributed by atoms with Crippen molar-refractivity contribution in [2.24, 2.45) is 0 Å². The summed E-state index contributed by atoms with van der Waals surface area (Å²) in [5, 5.41) is 10.5. The van der Waals surface area contributed by atoms with E-state index >= 15 is 0 Å². The fraction of sp³-hybridized carbons (Fsp3) is 0.300. The van der Waals surface area contributed by atoms with Crippen LogP contribution in [0.4, 0.5) is 4.79 Å². The molecular formula is C20H20N4O4S. The normalized spacial score (nSPS) is 18.9. The number of hydrogen-bond acceptors (Lipinski definition) is 7. The van der Waals surface area contributed by atoms with Crippen LogP contribution in [-0.2, 0) is 17.8 Å². The van der Waals surface area contributed by atoms with Crippen LogP contribution in [0.5, 0.6) is 5.75 Å². The third-order valence-electron chi connectivity index (χ3n) is 4.96. The number of rotatable bonds is 7. The van der Waals surface area contributed by atoms with Gasteiger partial charge in [-0.25, -0.2) is 4.79 Å². The lowest BCUT2D eigenvalue weighted by Crippen LogP contribution is -2.44. The molecule has 9 heteroatoms. The summed E-state index contributed by atoms with van der Waals surface area (Å²) in [7, 11) is 1.62. The maximum atomic E-state index is 12.9. The summed E-state index contributed by atoms with van der Waals surface area (Å²) < 4.78 is 10.4. The quantitative estimate of drug-likeness (QED) is 0.598. The molecule has 3 amide bonds. The second-order valence-corrected chi connectivity index (χ2v) is 7.81. The van der Waals surface area contributed by atoms with Gasteiger partial charge in [0.05, 0.1) is 7.11 Å². The third kappa shape index (κ3) is 3.86. The van der Waals surface area contributed by atoms with E-state index in [1.807, 2.05) is 41.1 Å². The Hall–Kier alpha value is -3.20. The number of carbonyl (C=O) groups excluding carboxylic acids is 2. The Kier molecular flexibility index (Phi) is 5.06. The first-order valence-corrected chi connectivity index (χ1v) is 10.0. The second-order valence-electron chi connectivity index (χ2n) is 7.03. The average molecular weight is 412 g/mol. The molecule has 1 N–H and O–H groups in total. The Morgan fingerprint density at radius 3 is 2.72 bits per heavy atom. The highest BCUT2D eigenvalue weighted by atomic mass is 32.1. The van der Waals surface area contributed by atoms with Crippen molar-refractivity contribution in [2.75, 3.05) is 7.11 Å². The molecule has 3 heterocycles. The molecule has 1 unspecified atom stereocenters. The van der Waals surface area contributed by atoms with Gasteiger partial charge in [-0.05, 0) is 48.9 Å². The molecule has 3 aromatic rings. The molecule has 0 bridgehead atoms. The summed E-state index contributed by atoms with van der Waals surface area (Å²) in [5.74, 6) is 1.13. The number of thiophene rings is 1. The van der Waals surface area contributed by atoms with Crippen molar-refractivity contribution in [2.45, 2.75) is 31.8 Å². The number of aromatic nitrogens is 2. The summed E-state index contributed by atoms with van der Waals surface area (Å²) in [6.45, 7) is 1.68. The van der Waals surface area contributed by atoms with E-state index in [1.54, 1.807) is 14.0 Å². The van der Waals surface area contributed by atoms with Gasteiger partial charge in [0.25, 0.3) is 5.91 Å². The van der Waals surface area contributed by atoms with Gasteiger partial charge in [0.2, 0.25) is 11.7 Å². The third-order valence-corrected chi connectivity index (χ3v) is 5.64. The summed E-state index contributed by atoms with van der Waals surface area (Å²) >= 11 is 1.53. The molecule has 4 rings (SSSR count). The van der Waals surface area contributed by atoms with E-state index < -0.39 is 11.6 Å². The Morgan fingerprint density at radius 2 is 2.03 bits per heavy atom. The number of carbonyl (C=O) groups is 2. The number of nitrogens with one attached hydrogen (secondary N) is 1. The number of aryl methyl sites for hydroxylation is 1. The molecule has 29 heavy (non-hydrogen) atoms. The van der Waals surface area contributed by atoms with E-state index in [0.29, 0.717) is 18.7 Å². The van der Waals surface area contributed by atoms with Crippen molar-refractivity contribution in [3.05, 3.63) is 52.5 Å². The van der Waals surface area contributed by atoms with Crippen LogP contribution < -0.4 is 10.1 Å². The minimum atomic E-state index is -0.979. The lowest BCUT2D eigenvalue weighted by Gasteiger charge is -2.21. The van der Waals surface area contributed by atoms with Gasteiger partial charge in [-0.3, -0.25) is 9.69 Å². The minimum Gasteiger partial charge on any atom is -0.497 e. The van der Waals surface area contributed by atoms with Crippen molar-refractivity contribution in [3.63, 3.8) is 0 Å². The fourth-order valence-corrected chi connectivity index (χ4v) is 3.84. The van der Waals surface area contributed by atoms with Crippen molar-refractivity contribution in [1.82, 2.24) is 20.4 Å². The van der Waals surface area contributed by atoms with Gasteiger partial charge in [-0.1, -0.05) is 17.3 Å². The number of methoxy groups -OCH3 is 1. The standard InChI is InChI=1S/C20H20N4O4S/c1-20(9-7-13-3-5-15(27-2)6-4-13)18(25)24(19(26)22-20)11-16-21-17(23-28-16)14-8-10-29-12-14/h3-6,8,10,12H,7,9,11H2,1-2H3,(H,22,26). The molecule has 1 fully saturated rings. The summed E-state index contributed by atoms with van der Waals surface area (Å²) in [4.78, 5) is 30.8. The van der Waals surface area contributed by atoms with Crippen LogP contribution in [0.25, 0.3) is 11.4 Å². The van der Waals surface area contributed by atoms with E-state index in [4.69, 9.17) is 9.26 Å². The van der Waals surface area contributed by atoms with E-state index in [2.05, 4.69) is 15.5 Å². The molecule has 150 valence electrons. The number of ether oxygens (including phenoxy) is 1. The molecule has 2 aromatic heterocycles. The number of amides is 3. The molecule has 0 radical (unpaired) electrons. The molecule has 0 saturated carbocycles. The first kappa shape index (κ1) is 19.1. The Balaban J connectivity index is 1.42. The van der Waals surface area contributed by atoms with Crippen LogP contribution in [-0.4, -0.2) is 39.6 Å². The predicted molar refractivity (Wildman–Crippen MR) is 106 cm³/mol. The molecule has 0 spiro atoms. The van der Waals surface area contributed by atoms with Crippen molar-refractivity contribution in [1.29, 1.82) is 0 Å². The Morgan fingerprint density at radius 1 is 1.24 bits per heavy atom. The topological polar surface area (TPSA) is 97.6 Å². The lowest BCUT2D eigenvalue weighted by atomic mass is 9.93. The minimum absolute atomic E-state index is 0.0556. The first-order chi connectivity index (χ1) is 14.0. The first-order valence-electron chi connectivity index (χ1n) is 9.11. The number of urea groups is 1. The van der Waals surface area contributed by atoms with Crippen LogP contribution in [0.15, 0.2) is 45.6 Å². The Labute approximate surface area is 171 Å². The molecule has 1 aliphatic heterocycles. The zero-order valence-electron chi connectivity index (χ0n) is 16.0. The van der Waals surface area contributed by atoms with E-state index in [-0.39, 0.29) is 18.3 Å². The van der Waals surface area contributed by atoms with Gasteiger partial charge < -0.3 is 14.6 Å². The van der Waals surface area contributed by atoms with Gasteiger partial charge in [-0.15, -0.1) is 0 Å². The highest BCUT2D eigenvalue weighted by molar-refractivity contribution is 7.08. The summed E-state index contributed by atoms with van der Waals surface area (Å²) in [5.41, 5.74) is 0.920. The van der Waals surface area contributed by atoms with Crippen molar-refractivity contribution < 1.29 is 18.8 Å². The molecule has 1 saturated heterocycles. The fourth-order valence-electron chi connectivity index (χ4n) is 3.21. The van der Waals surface area contributed by atoms with Crippen molar-refractivity contribution in [3.8, 4) is 17.1 Å². The van der Waals surface area contributed by atoms with Crippen molar-refractivity contribution >= 4 is 23.3 Å². The molecular weight excluding hydrogens is 392 g/mol. The van der Waals surface area contributed by atoms with Crippen LogP contribution in [0.2, 0.25) is 0 Å². The van der Waals surface area contributed by atoms with Gasteiger partial charge in [0.15, 0.2) is 0 Å². The van der Waals surface area contributed by atoms with Crippen LogP contribution >= 0.6 is 11.3 Å². The molecule has 0 aliphatic carbocycles. The molecule has 1 atom stereocenters. The number of nitrogens with zero attached hydrogens (tertiary/aromatic N) is 3. The number of benzene rings is 1. The monoisotopic (exact) mass is 412 g/mol. The van der Waals surface area contributed by atoms with Crippen LogP contribution in [0.1, 0.15) is 24.8 Å². The number of imide groups is 1. The smallest absolute Gasteiger partial charge is 0.325 e. The van der Waals surface area contributed by atoms with Gasteiger partial charge in [-0.2, -0.15) is 16.3 Å². The van der Waals surface area contributed by atoms with E-state index in [1.165, 1.54) is 11.3 Å². The Bertz CT molecular complexity index is 1020. The largest absolute Gasteiger partial charge is 0.497 e. The summed E-state index contributed by atoms with van der Waals surface area (Å²) in [6, 6.07) is 9.07. The zero-order valence-corrected chi connectivity index (χ0v) is 16.9. The second kappa shape index (κ2) is 7.67. The highest BCUT2D eigenvalue weighted by Gasteiger charge is 2.47. The zero-order chi connectivity index (χ0) is 20.4. The molecule has 1 aromatic carbocycles. The lowest BCUT2D eigenvalue weighted by molar-refractivity contribution is -0.131. The van der Waals surface area contributed by atoms with Gasteiger partial charge in [0, 0.05) is 10.9 Å². The highest BCUT2D eigenvalue weighted by Crippen LogP contribution is 2.26. The maximum absolute atomic E-state index is 12.9. The van der Waals surface area contributed by atoms with Gasteiger partial charge >= 0.3 is 6.03 Å². The molecule has 1 aliphatic rings. The van der Waals surface area contributed by atoms with Crippen LogP contribution in [0, 0.1) is 0 Å². The van der Waals surface area contributed by atoms with E-state index in [0.717, 1.165) is 21.8 Å². The van der Waals surface area contributed by atoms with Gasteiger partial charge in [0.1, 0.15) is 17.8 Å². The summed E-state index contributed by atoms with van der Waals surface area (Å²) in [6.07, 6.45) is 1.12. The number of hydrogen-bond donors (Lipinski definition) is 1. The SMILES string of the molecule is COc1ccc(CCC2(C)NC(=O)N(Cc3nc(-c4ccsc4)no3)C2=O)cc1. The molecule has 8 nitrogen and oxygen atoms in total. The average Bonchev–Trinajstić information content (AvgIpc) is 3.45. The van der Waals surface area contributed by atoms with Crippen LogP contribution in [0.3, 0.4) is 0 Å². The maximum Gasteiger partial charge on any atom is 0.325 e. The van der Waals surface area contributed by atoms with E-state index in [9.17, 15) is 9.59 Å².